The Morgan fingerprint density at radius 1 is 1.02 bits per heavy atom. The van der Waals surface area contributed by atoms with Crippen LogP contribution in [0, 0.1) is 28.6 Å². The second-order valence-corrected chi connectivity index (χ2v) is 14.2. The van der Waals surface area contributed by atoms with Crippen LogP contribution in [0.5, 0.6) is 0 Å². The maximum atomic E-state index is 13.5. The van der Waals surface area contributed by atoms with Crippen LogP contribution >= 0.6 is 0 Å². The summed E-state index contributed by atoms with van der Waals surface area (Å²) in [5.41, 5.74) is -1.50. The SMILES string of the molecule is CCOC(=O)[C@H](NC(=O)CCC(=O)OCC(=O)[C@@]1(O)CC[C@@H]2[C@@H]3CCC4=CC(=O)CC[C@]4(C)[C@@H]3[C@@H](O)C[C@@]21C)[C@@H](O)c1ccccc1. The Hall–Kier alpha value is -3.41. The Bertz CT molecular complexity index is 1430. The van der Waals surface area contributed by atoms with Crippen LogP contribution in [0.25, 0.3) is 0 Å². The van der Waals surface area contributed by atoms with Crippen LogP contribution in [0.3, 0.4) is 0 Å². The quantitative estimate of drug-likeness (QED) is 0.260. The van der Waals surface area contributed by atoms with E-state index in [-0.39, 0.29) is 54.8 Å². The van der Waals surface area contributed by atoms with Crippen LogP contribution in [-0.4, -0.2) is 75.7 Å². The summed E-state index contributed by atoms with van der Waals surface area (Å²) in [6.07, 6.45) is 2.55. The number of nitrogens with one attached hydrogen (secondary N) is 1. The third-order valence-electron chi connectivity index (χ3n) is 11.7. The first-order chi connectivity index (χ1) is 22.2. The fraction of sp³-hybridized carbons (Fsp3) is 0.639. The zero-order valence-corrected chi connectivity index (χ0v) is 27.4. The number of hydrogen-bond acceptors (Lipinski definition) is 10. The molecule has 1 aromatic carbocycles. The van der Waals surface area contributed by atoms with Crippen molar-refractivity contribution in [1.29, 1.82) is 0 Å². The van der Waals surface area contributed by atoms with Crippen LogP contribution in [-0.2, 0) is 33.4 Å². The average Bonchev–Trinajstić information content (AvgIpc) is 3.32. The third-order valence-corrected chi connectivity index (χ3v) is 11.7. The minimum Gasteiger partial charge on any atom is -0.464 e. The molecule has 0 bridgehead atoms. The molecule has 3 saturated carbocycles. The molecule has 1 aromatic rings. The summed E-state index contributed by atoms with van der Waals surface area (Å²) in [4.78, 5) is 63.5. The molecule has 1 amide bonds. The lowest BCUT2D eigenvalue weighted by atomic mass is 9.45. The van der Waals surface area contributed by atoms with E-state index in [0.717, 1.165) is 18.4 Å². The number of Topliss-reactive ketones (excluding diaryl/α,β-unsaturated/α-hetero) is 1. The van der Waals surface area contributed by atoms with Crippen molar-refractivity contribution >= 4 is 29.4 Å². The molecule has 256 valence electrons. The highest BCUT2D eigenvalue weighted by molar-refractivity contribution is 5.92. The highest BCUT2D eigenvalue weighted by atomic mass is 16.5. The zero-order chi connectivity index (χ0) is 34.1. The molecule has 11 nitrogen and oxygen atoms in total. The Kier molecular flexibility index (Phi) is 10.1. The van der Waals surface area contributed by atoms with Crippen molar-refractivity contribution in [3.63, 3.8) is 0 Å². The maximum Gasteiger partial charge on any atom is 0.331 e. The minimum atomic E-state index is -1.79. The number of carbonyl (C=O) groups is 5. The minimum absolute atomic E-state index is 0.0150. The summed E-state index contributed by atoms with van der Waals surface area (Å²) in [7, 11) is 0. The van der Waals surface area contributed by atoms with E-state index in [4.69, 9.17) is 9.47 Å². The van der Waals surface area contributed by atoms with E-state index in [1.165, 1.54) is 0 Å². The molecule has 0 radical (unpaired) electrons. The summed E-state index contributed by atoms with van der Waals surface area (Å²) in [5, 5.41) is 36.6. The smallest absolute Gasteiger partial charge is 0.331 e. The highest BCUT2D eigenvalue weighted by Gasteiger charge is 2.68. The van der Waals surface area contributed by atoms with Gasteiger partial charge in [-0.3, -0.25) is 19.2 Å². The Labute approximate surface area is 275 Å². The van der Waals surface area contributed by atoms with Gasteiger partial charge in [0.1, 0.15) is 11.7 Å². The van der Waals surface area contributed by atoms with Crippen LogP contribution in [0.15, 0.2) is 42.0 Å². The van der Waals surface area contributed by atoms with Crippen molar-refractivity contribution in [3.05, 3.63) is 47.5 Å². The maximum absolute atomic E-state index is 13.5. The first kappa shape index (κ1) is 34.9. The highest BCUT2D eigenvalue weighted by Crippen LogP contribution is 2.67. The first-order valence-corrected chi connectivity index (χ1v) is 16.8. The summed E-state index contributed by atoms with van der Waals surface area (Å²) < 4.78 is 10.2. The number of aliphatic hydroxyl groups is 3. The molecule has 3 fully saturated rings. The number of hydrogen-bond donors (Lipinski definition) is 4. The largest absolute Gasteiger partial charge is 0.464 e. The van der Waals surface area contributed by atoms with Gasteiger partial charge >= 0.3 is 11.9 Å². The van der Waals surface area contributed by atoms with Crippen molar-refractivity contribution < 1.29 is 48.8 Å². The topological polar surface area (TPSA) is 177 Å². The van der Waals surface area contributed by atoms with Crippen LogP contribution < -0.4 is 5.32 Å². The van der Waals surface area contributed by atoms with Crippen LogP contribution in [0.2, 0.25) is 0 Å². The summed E-state index contributed by atoms with van der Waals surface area (Å²) in [6, 6.07) is 6.92. The number of ketones is 2. The summed E-state index contributed by atoms with van der Waals surface area (Å²) >= 11 is 0. The van der Waals surface area contributed by atoms with E-state index in [1.807, 2.05) is 6.92 Å². The van der Waals surface area contributed by atoms with E-state index in [9.17, 15) is 39.3 Å². The van der Waals surface area contributed by atoms with Gasteiger partial charge in [-0.2, -0.15) is 0 Å². The van der Waals surface area contributed by atoms with E-state index >= 15 is 0 Å². The predicted molar refractivity (Wildman–Crippen MR) is 168 cm³/mol. The van der Waals surface area contributed by atoms with Gasteiger partial charge in [-0.25, -0.2) is 4.79 Å². The number of fused-ring (bicyclic) bond motifs is 5. The number of benzene rings is 1. The molecule has 0 aromatic heterocycles. The molecule has 47 heavy (non-hydrogen) atoms. The molecule has 5 rings (SSSR count). The van der Waals surface area contributed by atoms with Gasteiger partial charge in [0, 0.05) is 18.3 Å². The van der Waals surface area contributed by atoms with Crippen LogP contribution in [0.1, 0.15) is 90.2 Å². The van der Waals surface area contributed by atoms with Crippen molar-refractivity contribution in [2.24, 2.45) is 28.6 Å². The van der Waals surface area contributed by atoms with Crippen molar-refractivity contribution in [3.8, 4) is 0 Å². The van der Waals surface area contributed by atoms with Crippen LogP contribution in [0.4, 0.5) is 0 Å². The van der Waals surface area contributed by atoms with Crippen molar-refractivity contribution in [2.45, 2.75) is 102 Å². The predicted octanol–water partition coefficient (Wildman–Crippen LogP) is 2.89. The molecule has 9 atom stereocenters. The second-order valence-electron chi connectivity index (χ2n) is 14.2. The van der Waals surface area contributed by atoms with E-state index in [1.54, 1.807) is 43.3 Å². The molecule has 0 spiro atoms. The lowest BCUT2D eigenvalue weighted by Gasteiger charge is -2.60. The van der Waals surface area contributed by atoms with E-state index < -0.39 is 65.9 Å². The standard InChI is InChI=1S/C36H47NO10/c1-4-46-33(44)31(32(43)21-8-6-5-7-9-21)37-28(41)12-13-29(42)47-20-27(40)36(45)17-15-25-24-11-10-22-18-23(38)14-16-34(22,2)30(24)26(39)19-35(25,36)3/h5-9,18,24-26,30-32,39,43,45H,4,10-17,19-20H2,1-3H3,(H,37,41)/t24-,25+,26-,30-,31+,32-,34-,35-,36-/m0/s1. The van der Waals surface area contributed by atoms with Gasteiger partial charge in [0.25, 0.3) is 0 Å². The molecule has 4 aliphatic rings. The van der Waals surface area contributed by atoms with E-state index in [0.29, 0.717) is 24.8 Å². The number of ether oxygens (including phenoxy) is 2. The average molecular weight is 654 g/mol. The van der Waals surface area contributed by atoms with E-state index in [2.05, 4.69) is 12.2 Å². The van der Waals surface area contributed by atoms with Gasteiger partial charge < -0.3 is 30.1 Å². The monoisotopic (exact) mass is 653 g/mol. The fourth-order valence-corrected chi connectivity index (χ4v) is 9.29. The first-order valence-electron chi connectivity index (χ1n) is 16.8. The Balaban J connectivity index is 1.17. The van der Waals surface area contributed by atoms with Gasteiger partial charge in [0.15, 0.2) is 18.4 Å². The number of amides is 1. The van der Waals surface area contributed by atoms with Crippen molar-refractivity contribution in [1.82, 2.24) is 5.32 Å². The van der Waals surface area contributed by atoms with Gasteiger partial charge in [-0.1, -0.05) is 49.8 Å². The molecule has 11 heteroatoms. The summed E-state index contributed by atoms with van der Waals surface area (Å²) in [6.45, 7) is 4.97. The Morgan fingerprint density at radius 2 is 1.74 bits per heavy atom. The van der Waals surface area contributed by atoms with Gasteiger partial charge in [0.05, 0.1) is 19.1 Å². The summed E-state index contributed by atoms with van der Waals surface area (Å²) in [5.74, 6) is -2.85. The molecule has 4 aliphatic carbocycles. The lowest BCUT2D eigenvalue weighted by Crippen LogP contribution is -2.62. The molecule has 0 saturated heterocycles. The molecule has 0 aliphatic heterocycles. The second kappa shape index (κ2) is 13.6. The zero-order valence-electron chi connectivity index (χ0n) is 27.4. The van der Waals surface area contributed by atoms with Crippen molar-refractivity contribution in [2.75, 3.05) is 13.2 Å². The van der Waals surface area contributed by atoms with Gasteiger partial charge in [-0.05, 0) is 80.3 Å². The lowest BCUT2D eigenvalue weighted by molar-refractivity contribution is -0.184. The molecule has 4 N–H and O–H groups in total. The molecule has 0 unspecified atom stereocenters. The van der Waals surface area contributed by atoms with Gasteiger partial charge in [-0.15, -0.1) is 0 Å². The normalized spacial score (nSPS) is 34.1. The molecule has 0 heterocycles. The number of esters is 2. The number of carbonyl (C=O) groups excluding carboxylic acids is 5. The number of aliphatic hydroxyl groups excluding tert-OH is 2. The Morgan fingerprint density at radius 3 is 2.45 bits per heavy atom. The third kappa shape index (κ3) is 6.41. The number of rotatable bonds is 11. The molecular formula is C36H47NO10. The van der Waals surface area contributed by atoms with Gasteiger partial charge in [0.2, 0.25) is 11.7 Å². The number of allylic oxidation sites excluding steroid dienone is 1. The molecular weight excluding hydrogens is 606 g/mol. The fourth-order valence-electron chi connectivity index (χ4n) is 9.29.